The van der Waals surface area contributed by atoms with Crippen LogP contribution in [0.4, 0.5) is 10.5 Å². The molecular formula is C10H12N2O2. The Morgan fingerprint density at radius 2 is 2.36 bits per heavy atom. The van der Waals surface area contributed by atoms with Crippen molar-refractivity contribution >= 4 is 11.8 Å². The van der Waals surface area contributed by atoms with Crippen LogP contribution < -0.4 is 4.90 Å². The number of pyridine rings is 1. The summed E-state index contributed by atoms with van der Waals surface area (Å²) < 4.78 is 0. The third-order valence-corrected chi connectivity index (χ3v) is 2.55. The largest absolute Gasteiger partial charge is 0.465 e. The van der Waals surface area contributed by atoms with E-state index in [2.05, 4.69) is 4.98 Å². The highest BCUT2D eigenvalue weighted by Gasteiger charge is 2.39. The minimum atomic E-state index is -0.915. The van der Waals surface area contributed by atoms with E-state index in [1.807, 2.05) is 19.9 Å². The van der Waals surface area contributed by atoms with Gasteiger partial charge in [-0.3, -0.25) is 9.88 Å². The molecule has 14 heavy (non-hydrogen) atoms. The van der Waals surface area contributed by atoms with E-state index in [4.69, 9.17) is 5.11 Å². The Bertz CT molecular complexity index is 387. The predicted octanol–water partition coefficient (Wildman–Crippen LogP) is 1.90. The van der Waals surface area contributed by atoms with Gasteiger partial charge >= 0.3 is 6.09 Å². The van der Waals surface area contributed by atoms with Crippen molar-refractivity contribution in [3.63, 3.8) is 0 Å². The maximum absolute atomic E-state index is 11.1. The van der Waals surface area contributed by atoms with E-state index in [1.54, 1.807) is 12.4 Å². The molecule has 0 atom stereocenters. The van der Waals surface area contributed by atoms with Gasteiger partial charge in [-0.1, -0.05) is 0 Å². The zero-order valence-electron chi connectivity index (χ0n) is 8.19. The molecule has 2 heterocycles. The van der Waals surface area contributed by atoms with Gasteiger partial charge in [-0.05, 0) is 31.9 Å². The summed E-state index contributed by atoms with van der Waals surface area (Å²) in [6.45, 7) is 3.84. The number of hydrogen-bond acceptors (Lipinski definition) is 2. The molecule has 74 valence electrons. The molecule has 0 unspecified atom stereocenters. The highest BCUT2D eigenvalue weighted by molar-refractivity contribution is 5.90. The zero-order valence-corrected chi connectivity index (χ0v) is 8.19. The third kappa shape index (κ3) is 1.14. The summed E-state index contributed by atoms with van der Waals surface area (Å²) in [6.07, 6.45) is 3.14. The van der Waals surface area contributed by atoms with Crippen molar-refractivity contribution in [3.05, 3.63) is 24.0 Å². The van der Waals surface area contributed by atoms with E-state index in [0.29, 0.717) is 5.69 Å². The summed E-state index contributed by atoms with van der Waals surface area (Å²) in [5.41, 5.74) is 1.40. The lowest BCUT2D eigenvalue weighted by Crippen LogP contribution is -2.44. The number of carbonyl (C=O) groups is 1. The summed E-state index contributed by atoms with van der Waals surface area (Å²) in [4.78, 5) is 16.4. The summed E-state index contributed by atoms with van der Waals surface area (Å²) in [7, 11) is 0. The second-order valence-electron chi connectivity index (χ2n) is 4.11. The Kier molecular flexibility index (Phi) is 1.74. The van der Waals surface area contributed by atoms with E-state index in [-0.39, 0.29) is 5.54 Å². The molecule has 0 saturated heterocycles. The number of amides is 1. The first kappa shape index (κ1) is 8.99. The Hall–Kier alpha value is -1.58. The van der Waals surface area contributed by atoms with Crippen molar-refractivity contribution in [2.75, 3.05) is 4.90 Å². The van der Waals surface area contributed by atoms with Crippen LogP contribution in [0, 0.1) is 0 Å². The van der Waals surface area contributed by atoms with Gasteiger partial charge in [0, 0.05) is 11.7 Å². The van der Waals surface area contributed by atoms with Crippen molar-refractivity contribution in [2.45, 2.75) is 25.8 Å². The Labute approximate surface area is 82.2 Å². The molecular weight excluding hydrogens is 180 g/mol. The molecule has 2 rings (SSSR count). The SMILES string of the molecule is CC1(C)Cc2ccncc2N1C(=O)O. The maximum atomic E-state index is 11.1. The summed E-state index contributed by atoms with van der Waals surface area (Å²) in [5, 5.41) is 9.09. The molecule has 1 aromatic rings. The van der Waals surface area contributed by atoms with Gasteiger partial charge in [0.25, 0.3) is 0 Å². The molecule has 1 aromatic heterocycles. The first-order valence-electron chi connectivity index (χ1n) is 4.48. The average molecular weight is 192 g/mol. The Balaban J connectivity index is 2.53. The van der Waals surface area contributed by atoms with Crippen LogP contribution in [0.25, 0.3) is 0 Å². The number of carboxylic acid groups (broad SMARTS) is 1. The fourth-order valence-corrected chi connectivity index (χ4v) is 2.00. The predicted molar refractivity (Wildman–Crippen MR) is 52.5 cm³/mol. The van der Waals surface area contributed by atoms with Crippen LogP contribution >= 0.6 is 0 Å². The van der Waals surface area contributed by atoms with Crippen LogP contribution in [-0.2, 0) is 6.42 Å². The molecule has 0 aliphatic carbocycles. The number of anilines is 1. The second-order valence-corrected chi connectivity index (χ2v) is 4.11. The fraction of sp³-hybridized carbons (Fsp3) is 0.400. The first-order valence-corrected chi connectivity index (χ1v) is 4.48. The van der Waals surface area contributed by atoms with E-state index >= 15 is 0 Å². The Morgan fingerprint density at radius 1 is 1.64 bits per heavy atom. The van der Waals surface area contributed by atoms with Crippen LogP contribution in [0.1, 0.15) is 19.4 Å². The molecule has 0 fully saturated rings. The van der Waals surface area contributed by atoms with E-state index in [0.717, 1.165) is 12.0 Å². The average Bonchev–Trinajstić information content (AvgIpc) is 2.33. The van der Waals surface area contributed by atoms with Gasteiger partial charge in [0.05, 0.1) is 11.9 Å². The van der Waals surface area contributed by atoms with Crippen LogP contribution in [0.3, 0.4) is 0 Å². The van der Waals surface area contributed by atoms with Crippen LogP contribution in [0.15, 0.2) is 18.5 Å². The lowest BCUT2D eigenvalue weighted by Gasteiger charge is -2.28. The van der Waals surface area contributed by atoms with Crippen molar-refractivity contribution < 1.29 is 9.90 Å². The number of hydrogen-bond donors (Lipinski definition) is 1. The monoisotopic (exact) mass is 192 g/mol. The van der Waals surface area contributed by atoms with Gasteiger partial charge in [-0.15, -0.1) is 0 Å². The number of aromatic nitrogens is 1. The lowest BCUT2D eigenvalue weighted by atomic mass is 10.00. The van der Waals surface area contributed by atoms with E-state index in [9.17, 15) is 4.79 Å². The van der Waals surface area contributed by atoms with E-state index in [1.165, 1.54) is 4.90 Å². The second kappa shape index (κ2) is 2.70. The molecule has 0 aromatic carbocycles. The number of nitrogens with zero attached hydrogens (tertiary/aromatic N) is 2. The molecule has 0 spiro atoms. The molecule has 4 heteroatoms. The molecule has 1 N–H and O–H groups in total. The smallest absolute Gasteiger partial charge is 0.412 e. The summed E-state index contributed by atoms with van der Waals surface area (Å²) in [6, 6.07) is 1.88. The quantitative estimate of drug-likeness (QED) is 0.683. The molecule has 1 aliphatic rings. The van der Waals surface area contributed by atoms with Crippen LogP contribution in [0.2, 0.25) is 0 Å². The lowest BCUT2D eigenvalue weighted by molar-refractivity contribution is 0.196. The topological polar surface area (TPSA) is 53.4 Å². The first-order chi connectivity index (χ1) is 6.52. The fourth-order valence-electron chi connectivity index (χ4n) is 2.00. The number of rotatable bonds is 0. The van der Waals surface area contributed by atoms with Crippen LogP contribution in [-0.4, -0.2) is 21.7 Å². The number of fused-ring (bicyclic) bond motifs is 1. The summed E-state index contributed by atoms with van der Waals surface area (Å²) in [5.74, 6) is 0. The zero-order chi connectivity index (χ0) is 10.3. The molecule has 1 amide bonds. The van der Waals surface area contributed by atoms with E-state index < -0.39 is 6.09 Å². The highest BCUT2D eigenvalue weighted by Crippen LogP contribution is 2.37. The van der Waals surface area contributed by atoms with Gasteiger partial charge in [0.2, 0.25) is 0 Å². The summed E-state index contributed by atoms with van der Waals surface area (Å²) >= 11 is 0. The molecule has 1 aliphatic heterocycles. The van der Waals surface area contributed by atoms with Gasteiger partial charge in [0.1, 0.15) is 0 Å². The molecule has 0 radical (unpaired) electrons. The molecule has 0 bridgehead atoms. The molecule has 4 nitrogen and oxygen atoms in total. The minimum absolute atomic E-state index is 0.364. The minimum Gasteiger partial charge on any atom is -0.465 e. The normalized spacial score (nSPS) is 18.0. The van der Waals surface area contributed by atoms with Crippen molar-refractivity contribution in [2.24, 2.45) is 0 Å². The Morgan fingerprint density at radius 3 is 3.00 bits per heavy atom. The third-order valence-electron chi connectivity index (χ3n) is 2.55. The van der Waals surface area contributed by atoms with Gasteiger partial charge in [-0.25, -0.2) is 4.79 Å². The van der Waals surface area contributed by atoms with Crippen molar-refractivity contribution in [1.82, 2.24) is 4.98 Å². The highest BCUT2D eigenvalue weighted by atomic mass is 16.4. The van der Waals surface area contributed by atoms with Crippen molar-refractivity contribution in [3.8, 4) is 0 Å². The van der Waals surface area contributed by atoms with Gasteiger partial charge in [0.15, 0.2) is 0 Å². The molecule has 0 saturated carbocycles. The van der Waals surface area contributed by atoms with Crippen molar-refractivity contribution in [1.29, 1.82) is 0 Å². The van der Waals surface area contributed by atoms with Gasteiger partial charge in [-0.2, -0.15) is 0 Å². The van der Waals surface area contributed by atoms with Gasteiger partial charge < -0.3 is 5.11 Å². The van der Waals surface area contributed by atoms with Crippen LogP contribution in [0.5, 0.6) is 0 Å². The maximum Gasteiger partial charge on any atom is 0.412 e. The standard InChI is InChI=1S/C10H12N2O2/c1-10(2)5-7-3-4-11-6-8(7)12(10)9(13)14/h3-4,6H,5H2,1-2H3,(H,13,14).